The van der Waals surface area contributed by atoms with Gasteiger partial charge in [-0.15, -0.1) is 11.6 Å². The minimum absolute atomic E-state index is 0. The van der Waals surface area contributed by atoms with Gasteiger partial charge < -0.3 is 14.5 Å². The largest absolute Gasteiger partial charge is 0.478 e. The minimum atomic E-state index is 0. The Balaban J connectivity index is 0.00000171. The first-order valence-electron chi connectivity index (χ1n) is 8.78. The Hall–Kier alpha value is -2.95. The molecule has 1 radical (unpaired) electrons. The summed E-state index contributed by atoms with van der Waals surface area (Å²) in [5.41, 5.74) is 4.83. The van der Waals surface area contributed by atoms with E-state index >= 15 is 0 Å². The maximum Gasteiger partial charge on any atom is 0.208 e. The normalized spacial score (nSPS) is 12.5. The molecule has 0 spiro atoms. The van der Waals surface area contributed by atoms with E-state index < -0.39 is 0 Å². The Morgan fingerprint density at radius 3 is 2.25 bits per heavy atom. The Kier molecular flexibility index (Phi) is 4.04. The molecule has 4 nitrogen and oxygen atoms in total. The monoisotopic (exact) mass is 540 g/mol. The third-order valence-electron chi connectivity index (χ3n) is 5.05. The predicted octanol–water partition coefficient (Wildman–Crippen LogP) is 2.67. The van der Waals surface area contributed by atoms with E-state index in [1.807, 2.05) is 42.5 Å². The Morgan fingerprint density at radius 1 is 0.821 bits per heavy atom. The molecule has 6 heteroatoms. The van der Waals surface area contributed by atoms with Crippen molar-refractivity contribution in [3.63, 3.8) is 0 Å². The van der Waals surface area contributed by atoms with Gasteiger partial charge in [0.05, 0.1) is 0 Å². The molecule has 28 heavy (non-hydrogen) atoms. The van der Waals surface area contributed by atoms with Gasteiger partial charge in [0.2, 0.25) is 6.71 Å². The van der Waals surface area contributed by atoms with Crippen molar-refractivity contribution in [2.24, 2.45) is 0 Å². The summed E-state index contributed by atoms with van der Waals surface area (Å²) >= 11 is 0. The molecule has 1 aromatic heterocycles. The molecule has 0 unspecified atom stereocenters. The van der Waals surface area contributed by atoms with Crippen LogP contribution in [0, 0.1) is 6.07 Å². The number of para-hydroxylation sites is 2. The van der Waals surface area contributed by atoms with Gasteiger partial charge in [0, 0.05) is 55.9 Å². The van der Waals surface area contributed by atoms with Crippen LogP contribution >= 0.6 is 0 Å². The zero-order chi connectivity index (χ0) is 17.8. The van der Waals surface area contributed by atoms with Crippen molar-refractivity contribution in [1.82, 2.24) is 9.97 Å². The molecule has 0 saturated carbocycles. The summed E-state index contributed by atoms with van der Waals surface area (Å²) in [6, 6.07) is 21.7. The van der Waals surface area contributed by atoms with Crippen molar-refractivity contribution in [3.8, 4) is 34.3 Å². The third kappa shape index (κ3) is 2.49. The minimum Gasteiger partial charge on any atom is -0.478 e. The molecule has 0 aliphatic carbocycles. The van der Waals surface area contributed by atoms with Crippen molar-refractivity contribution in [1.29, 1.82) is 0 Å². The summed E-state index contributed by atoms with van der Waals surface area (Å²) < 4.78 is 12.5. The van der Waals surface area contributed by atoms with Crippen LogP contribution in [0.5, 0.6) is 23.0 Å². The summed E-state index contributed by atoms with van der Waals surface area (Å²) in [4.78, 5) is 8.56. The summed E-state index contributed by atoms with van der Waals surface area (Å²) in [5.74, 6) is 3.19. The average Bonchev–Trinajstić information content (AvgIpc) is 2.74. The number of nitrogens with zero attached hydrogens (tertiary/aromatic N) is 2. The first-order chi connectivity index (χ1) is 13.4. The van der Waals surface area contributed by atoms with Crippen LogP contribution in [0.4, 0.5) is 0 Å². The zero-order valence-electron chi connectivity index (χ0n) is 14.5. The van der Waals surface area contributed by atoms with Crippen molar-refractivity contribution in [2.45, 2.75) is 0 Å². The fraction of sp³-hybridized carbons (Fsp3) is 0. The van der Waals surface area contributed by atoms with Gasteiger partial charge in [-0.25, -0.2) is 0 Å². The maximum atomic E-state index is 6.25. The van der Waals surface area contributed by atoms with E-state index in [2.05, 4.69) is 28.2 Å². The van der Waals surface area contributed by atoms with Gasteiger partial charge in [-0.3, -0.25) is 4.98 Å². The van der Waals surface area contributed by atoms with Crippen LogP contribution in [0.3, 0.4) is 0 Å². The molecule has 0 atom stereocenters. The molecule has 0 fully saturated rings. The predicted molar refractivity (Wildman–Crippen MR) is 104 cm³/mol. The Labute approximate surface area is 176 Å². The number of hydrogen-bond donors (Lipinski definition) is 0. The number of ether oxygens (including phenoxy) is 2. The number of aromatic nitrogens is 2. The summed E-state index contributed by atoms with van der Waals surface area (Å²) in [5, 5.41) is 0. The maximum absolute atomic E-state index is 6.25. The van der Waals surface area contributed by atoms with Crippen LogP contribution in [0.25, 0.3) is 11.3 Å². The molecule has 0 saturated heterocycles. The summed E-state index contributed by atoms with van der Waals surface area (Å²) in [7, 11) is 0. The van der Waals surface area contributed by atoms with Gasteiger partial charge in [0.15, 0.2) is 0 Å². The molecule has 3 aromatic carbocycles. The second kappa shape index (κ2) is 6.59. The SMILES string of the molecule is [Ir].[c-]1c(-c2cnccn2)cc2c3c1Oc1ccccc1B3c1ccccc1O2. The van der Waals surface area contributed by atoms with E-state index in [9.17, 15) is 0 Å². The van der Waals surface area contributed by atoms with E-state index in [-0.39, 0.29) is 26.8 Å². The molecule has 2 aliphatic heterocycles. The standard InChI is InChI=1S/C22H12BN2O2.Ir/c1-3-7-18-15(5-1)23-16-6-2-4-8-19(16)27-21-12-14(11-20(26-18)22(21)23)17-13-24-9-10-25-17;/h1-11,13H;/q-1;. The smallest absolute Gasteiger partial charge is 0.208 e. The van der Waals surface area contributed by atoms with Gasteiger partial charge in [-0.1, -0.05) is 47.9 Å². The molecule has 3 heterocycles. The second-order valence-electron chi connectivity index (χ2n) is 6.59. The molecule has 0 bridgehead atoms. The zero-order valence-corrected chi connectivity index (χ0v) is 16.9. The summed E-state index contributed by atoms with van der Waals surface area (Å²) in [6.45, 7) is 0.0667. The first-order valence-corrected chi connectivity index (χ1v) is 8.78. The quantitative estimate of drug-likeness (QED) is 0.238. The van der Waals surface area contributed by atoms with Gasteiger partial charge >= 0.3 is 0 Å². The van der Waals surface area contributed by atoms with Gasteiger partial charge in [0.25, 0.3) is 0 Å². The van der Waals surface area contributed by atoms with Crippen LogP contribution in [0.1, 0.15) is 0 Å². The van der Waals surface area contributed by atoms with Gasteiger partial charge in [0.1, 0.15) is 11.5 Å². The molecule has 2 aliphatic rings. The van der Waals surface area contributed by atoms with Crippen LogP contribution in [-0.4, -0.2) is 16.7 Å². The number of fused-ring (bicyclic) bond motifs is 4. The first kappa shape index (κ1) is 17.2. The van der Waals surface area contributed by atoms with Crippen molar-refractivity contribution < 1.29 is 29.6 Å². The van der Waals surface area contributed by atoms with Crippen LogP contribution in [-0.2, 0) is 20.1 Å². The van der Waals surface area contributed by atoms with Crippen molar-refractivity contribution in [2.75, 3.05) is 0 Å². The molecular formula is C22H12BIrN2O2-. The van der Waals surface area contributed by atoms with Crippen molar-refractivity contribution >= 4 is 23.1 Å². The molecule has 0 N–H and O–H groups in total. The van der Waals surface area contributed by atoms with Crippen molar-refractivity contribution in [3.05, 3.63) is 79.3 Å². The number of benzene rings is 3. The topological polar surface area (TPSA) is 44.2 Å². The molecule has 4 aromatic rings. The third-order valence-corrected chi connectivity index (χ3v) is 5.05. The van der Waals surface area contributed by atoms with Gasteiger partial charge in [-0.05, 0) is 23.1 Å². The van der Waals surface area contributed by atoms with Gasteiger partial charge in [-0.2, -0.15) is 0 Å². The number of rotatable bonds is 1. The molecule has 0 amide bonds. The Bertz CT molecular complexity index is 1130. The van der Waals surface area contributed by atoms with E-state index in [1.54, 1.807) is 18.6 Å². The molecule has 135 valence electrons. The van der Waals surface area contributed by atoms with Crippen LogP contribution in [0.2, 0.25) is 0 Å². The number of hydrogen-bond acceptors (Lipinski definition) is 4. The molecular weight excluding hydrogens is 527 g/mol. The van der Waals surface area contributed by atoms with E-state index in [0.29, 0.717) is 5.75 Å². The second-order valence-corrected chi connectivity index (χ2v) is 6.59. The Morgan fingerprint density at radius 2 is 1.54 bits per heavy atom. The fourth-order valence-corrected chi connectivity index (χ4v) is 3.89. The average molecular weight is 539 g/mol. The van der Waals surface area contributed by atoms with E-state index in [4.69, 9.17) is 9.47 Å². The van der Waals surface area contributed by atoms with E-state index in [1.165, 1.54) is 0 Å². The van der Waals surface area contributed by atoms with E-state index in [0.717, 1.165) is 44.9 Å². The fourth-order valence-electron chi connectivity index (χ4n) is 3.89. The summed E-state index contributed by atoms with van der Waals surface area (Å²) in [6.07, 6.45) is 5.04. The van der Waals surface area contributed by atoms with Crippen LogP contribution in [0.15, 0.2) is 73.2 Å². The van der Waals surface area contributed by atoms with Crippen LogP contribution < -0.4 is 25.9 Å². The molecule has 6 rings (SSSR count).